The highest BCUT2D eigenvalue weighted by molar-refractivity contribution is 7.80. The third-order valence-electron chi connectivity index (χ3n) is 2.67. The molecule has 0 fully saturated rings. The van der Waals surface area contributed by atoms with Gasteiger partial charge in [0.25, 0.3) is 0 Å². The third kappa shape index (κ3) is 3.36. The number of nitrogens with zero attached hydrogens (tertiary/aromatic N) is 1. The predicted octanol–water partition coefficient (Wildman–Crippen LogP) is 2.48. The van der Waals surface area contributed by atoms with Crippen molar-refractivity contribution in [2.45, 2.75) is 0 Å². The van der Waals surface area contributed by atoms with E-state index in [-0.39, 0.29) is 0 Å². The van der Waals surface area contributed by atoms with Gasteiger partial charge >= 0.3 is 0 Å². The topological polar surface area (TPSA) is 69.4 Å². The zero-order chi connectivity index (χ0) is 14.5. The normalized spacial score (nSPS) is 9.90. The maximum absolute atomic E-state index is 5.53. The number of nitrogens with two attached hydrogens (primary N) is 1. The van der Waals surface area contributed by atoms with Crippen LogP contribution in [0.4, 0.5) is 11.5 Å². The van der Waals surface area contributed by atoms with Crippen LogP contribution in [-0.4, -0.2) is 24.2 Å². The molecule has 3 N–H and O–H groups in total. The summed E-state index contributed by atoms with van der Waals surface area (Å²) in [5.41, 5.74) is 7.08. The number of hydrogen-bond acceptors (Lipinski definition) is 5. The largest absolute Gasteiger partial charge is 0.497 e. The average Bonchev–Trinajstić information content (AvgIpc) is 2.47. The van der Waals surface area contributed by atoms with Crippen molar-refractivity contribution in [3.05, 3.63) is 42.1 Å². The lowest BCUT2D eigenvalue weighted by atomic mass is 10.2. The van der Waals surface area contributed by atoms with E-state index in [1.165, 1.54) is 0 Å². The van der Waals surface area contributed by atoms with Crippen LogP contribution in [0, 0.1) is 0 Å². The van der Waals surface area contributed by atoms with E-state index >= 15 is 0 Å². The Labute approximate surface area is 122 Å². The Morgan fingerprint density at radius 3 is 2.25 bits per heavy atom. The van der Waals surface area contributed by atoms with Gasteiger partial charge in [0.05, 0.1) is 14.2 Å². The fraction of sp³-hybridized carbons (Fsp3) is 0.143. The summed E-state index contributed by atoms with van der Waals surface area (Å²) in [6.07, 6.45) is 1.63. The minimum Gasteiger partial charge on any atom is -0.497 e. The number of ether oxygens (including phenoxy) is 2. The number of anilines is 2. The molecule has 2 aromatic rings. The van der Waals surface area contributed by atoms with Gasteiger partial charge in [-0.1, -0.05) is 12.2 Å². The van der Waals surface area contributed by atoms with Crippen LogP contribution in [-0.2, 0) is 0 Å². The zero-order valence-electron chi connectivity index (χ0n) is 11.2. The highest BCUT2D eigenvalue weighted by Gasteiger charge is 2.03. The van der Waals surface area contributed by atoms with Crippen LogP contribution in [0.1, 0.15) is 5.56 Å². The second-order valence-corrected chi connectivity index (χ2v) is 4.46. The van der Waals surface area contributed by atoms with Crippen LogP contribution < -0.4 is 20.5 Å². The minimum atomic E-state index is 0.326. The molecule has 20 heavy (non-hydrogen) atoms. The second kappa shape index (κ2) is 6.21. The molecule has 0 unspecified atom stereocenters. The van der Waals surface area contributed by atoms with Crippen molar-refractivity contribution in [3.8, 4) is 11.5 Å². The number of benzene rings is 1. The molecule has 6 heteroatoms. The molecule has 1 aromatic heterocycles. The van der Waals surface area contributed by atoms with Crippen molar-refractivity contribution < 1.29 is 9.47 Å². The molecule has 1 heterocycles. The quantitative estimate of drug-likeness (QED) is 0.824. The van der Waals surface area contributed by atoms with E-state index in [0.29, 0.717) is 22.3 Å². The molecule has 0 saturated carbocycles. The smallest absolute Gasteiger partial charge is 0.130 e. The highest BCUT2D eigenvalue weighted by atomic mass is 32.1. The van der Waals surface area contributed by atoms with Crippen molar-refractivity contribution in [2.24, 2.45) is 5.73 Å². The number of aromatic nitrogens is 1. The Bertz CT molecular complexity index is 592. The molecule has 0 spiro atoms. The van der Waals surface area contributed by atoms with Gasteiger partial charge in [-0.3, -0.25) is 0 Å². The number of thiocarbonyl (C=S) groups is 1. The molecule has 2 rings (SSSR count). The Hall–Kier alpha value is -2.34. The van der Waals surface area contributed by atoms with Gasteiger partial charge in [0.2, 0.25) is 0 Å². The van der Waals surface area contributed by atoms with E-state index in [4.69, 9.17) is 27.4 Å². The second-order valence-electron chi connectivity index (χ2n) is 4.02. The molecule has 0 radical (unpaired) electrons. The average molecular weight is 289 g/mol. The third-order valence-corrected chi connectivity index (χ3v) is 2.91. The van der Waals surface area contributed by atoms with Gasteiger partial charge in [0, 0.05) is 35.6 Å². The first kappa shape index (κ1) is 14.1. The minimum absolute atomic E-state index is 0.326. The Morgan fingerprint density at radius 2 is 1.80 bits per heavy atom. The van der Waals surface area contributed by atoms with Gasteiger partial charge in [-0.05, 0) is 12.1 Å². The Kier molecular flexibility index (Phi) is 4.37. The monoisotopic (exact) mass is 289 g/mol. The molecule has 0 atom stereocenters. The van der Waals surface area contributed by atoms with E-state index in [1.54, 1.807) is 32.5 Å². The summed E-state index contributed by atoms with van der Waals surface area (Å²) in [5, 5.41) is 3.16. The van der Waals surface area contributed by atoms with Gasteiger partial charge < -0.3 is 20.5 Å². The summed E-state index contributed by atoms with van der Waals surface area (Å²) in [5.74, 6) is 2.08. The van der Waals surface area contributed by atoms with Crippen LogP contribution in [0.25, 0.3) is 0 Å². The molecule has 0 saturated heterocycles. The molecular weight excluding hydrogens is 274 g/mol. The molecule has 1 aromatic carbocycles. The number of methoxy groups -OCH3 is 2. The van der Waals surface area contributed by atoms with Crippen LogP contribution in [0.2, 0.25) is 0 Å². The van der Waals surface area contributed by atoms with Gasteiger partial charge in [0.15, 0.2) is 0 Å². The van der Waals surface area contributed by atoms with Crippen molar-refractivity contribution >= 4 is 28.7 Å². The van der Waals surface area contributed by atoms with E-state index in [0.717, 1.165) is 11.3 Å². The molecule has 0 amide bonds. The molecular formula is C14H15N3O2S. The maximum Gasteiger partial charge on any atom is 0.130 e. The summed E-state index contributed by atoms with van der Waals surface area (Å²) < 4.78 is 10.4. The summed E-state index contributed by atoms with van der Waals surface area (Å²) in [7, 11) is 3.21. The number of rotatable bonds is 5. The van der Waals surface area contributed by atoms with Gasteiger partial charge in [-0.2, -0.15) is 0 Å². The maximum atomic E-state index is 5.53. The van der Waals surface area contributed by atoms with Crippen LogP contribution >= 0.6 is 12.2 Å². The Balaban J connectivity index is 2.22. The van der Waals surface area contributed by atoms with Crippen molar-refractivity contribution in [1.29, 1.82) is 0 Å². The van der Waals surface area contributed by atoms with Gasteiger partial charge in [-0.25, -0.2) is 4.98 Å². The number of pyridine rings is 1. The molecule has 0 aliphatic heterocycles. The summed E-state index contributed by atoms with van der Waals surface area (Å²) in [6.45, 7) is 0. The van der Waals surface area contributed by atoms with Crippen LogP contribution in [0.5, 0.6) is 11.5 Å². The molecule has 104 valence electrons. The predicted molar refractivity (Wildman–Crippen MR) is 83.0 cm³/mol. The molecule has 0 aliphatic rings. The lowest BCUT2D eigenvalue weighted by molar-refractivity contribution is 0.395. The van der Waals surface area contributed by atoms with Gasteiger partial charge in [0.1, 0.15) is 22.3 Å². The van der Waals surface area contributed by atoms with Crippen molar-refractivity contribution in [1.82, 2.24) is 4.98 Å². The summed E-state index contributed by atoms with van der Waals surface area (Å²) in [6, 6.07) is 9.13. The first-order chi connectivity index (χ1) is 9.62. The Morgan fingerprint density at radius 1 is 1.15 bits per heavy atom. The van der Waals surface area contributed by atoms with Gasteiger partial charge in [-0.15, -0.1) is 0 Å². The fourth-order valence-electron chi connectivity index (χ4n) is 1.64. The van der Waals surface area contributed by atoms with E-state index in [1.807, 2.05) is 18.2 Å². The molecule has 5 nitrogen and oxygen atoms in total. The lowest BCUT2D eigenvalue weighted by Crippen LogP contribution is -2.09. The first-order valence-corrected chi connectivity index (χ1v) is 6.29. The SMILES string of the molecule is COc1cc(Nc2ccc(C(N)=S)cn2)cc(OC)c1. The van der Waals surface area contributed by atoms with Crippen molar-refractivity contribution in [3.63, 3.8) is 0 Å². The molecule has 0 aliphatic carbocycles. The highest BCUT2D eigenvalue weighted by Crippen LogP contribution is 2.27. The standard InChI is InChI=1S/C14H15N3O2S/c1-18-11-5-10(6-12(7-11)19-2)17-13-4-3-9(8-16-13)14(15)20/h3-8H,1-2H3,(H2,15,20)(H,16,17). The summed E-state index contributed by atoms with van der Waals surface area (Å²) >= 11 is 4.88. The van der Waals surface area contributed by atoms with E-state index in [2.05, 4.69) is 10.3 Å². The summed E-state index contributed by atoms with van der Waals surface area (Å²) in [4.78, 5) is 4.57. The van der Waals surface area contributed by atoms with E-state index < -0.39 is 0 Å². The number of hydrogen-bond donors (Lipinski definition) is 2. The van der Waals surface area contributed by atoms with E-state index in [9.17, 15) is 0 Å². The number of nitrogens with one attached hydrogen (secondary N) is 1. The molecule has 0 bridgehead atoms. The first-order valence-electron chi connectivity index (χ1n) is 5.88. The van der Waals surface area contributed by atoms with Crippen LogP contribution in [0.15, 0.2) is 36.5 Å². The van der Waals surface area contributed by atoms with Crippen LogP contribution in [0.3, 0.4) is 0 Å². The lowest BCUT2D eigenvalue weighted by Gasteiger charge is -2.10. The zero-order valence-corrected chi connectivity index (χ0v) is 12.0. The fourth-order valence-corrected chi connectivity index (χ4v) is 1.76. The van der Waals surface area contributed by atoms with Crippen molar-refractivity contribution in [2.75, 3.05) is 19.5 Å².